The minimum atomic E-state index is -2.94. The highest BCUT2D eigenvalue weighted by Gasteiger charge is 2.14. The van der Waals surface area contributed by atoms with Crippen molar-refractivity contribution in [2.75, 3.05) is 33.3 Å². The standard InChI is InChI=1S/C18H26F2N2O3/c1-24-16-13-14(7-8-15(16)25-18(19)20)17(23)21-9-6-12-22-10-4-2-3-5-11-22/h7-8,13,18H,2-6,9-12H2,1H3,(H,21,23). The van der Waals surface area contributed by atoms with Gasteiger partial charge in [-0.1, -0.05) is 12.8 Å². The lowest BCUT2D eigenvalue weighted by molar-refractivity contribution is -0.0512. The average Bonchev–Trinajstić information content (AvgIpc) is 2.87. The van der Waals surface area contributed by atoms with Crippen LogP contribution < -0.4 is 14.8 Å². The quantitative estimate of drug-likeness (QED) is 0.726. The minimum Gasteiger partial charge on any atom is -0.493 e. The zero-order valence-electron chi connectivity index (χ0n) is 14.6. The second kappa shape index (κ2) is 10.2. The van der Waals surface area contributed by atoms with Gasteiger partial charge in [0.05, 0.1) is 7.11 Å². The molecule has 0 aromatic heterocycles. The van der Waals surface area contributed by atoms with Crippen LogP contribution in [-0.2, 0) is 0 Å². The van der Waals surface area contributed by atoms with E-state index in [0.717, 1.165) is 26.1 Å². The lowest BCUT2D eigenvalue weighted by Gasteiger charge is -2.19. The maximum Gasteiger partial charge on any atom is 0.387 e. The Balaban J connectivity index is 1.79. The number of alkyl halides is 2. The highest BCUT2D eigenvalue weighted by atomic mass is 19.3. The van der Waals surface area contributed by atoms with Crippen LogP contribution in [-0.4, -0.2) is 50.7 Å². The summed E-state index contributed by atoms with van der Waals surface area (Å²) in [5, 5.41) is 2.86. The van der Waals surface area contributed by atoms with Crippen LogP contribution in [0.3, 0.4) is 0 Å². The maximum atomic E-state index is 12.3. The number of halogens is 2. The van der Waals surface area contributed by atoms with E-state index in [1.807, 2.05) is 0 Å². The van der Waals surface area contributed by atoms with Crippen molar-refractivity contribution >= 4 is 5.91 Å². The van der Waals surface area contributed by atoms with Crippen molar-refractivity contribution in [3.8, 4) is 11.5 Å². The van der Waals surface area contributed by atoms with E-state index in [4.69, 9.17) is 4.74 Å². The van der Waals surface area contributed by atoms with Crippen LogP contribution in [0.15, 0.2) is 18.2 Å². The summed E-state index contributed by atoms with van der Waals surface area (Å²) in [7, 11) is 1.34. The van der Waals surface area contributed by atoms with Gasteiger partial charge in [0.1, 0.15) is 0 Å². The van der Waals surface area contributed by atoms with Crippen LogP contribution in [0.5, 0.6) is 11.5 Å². The van der Waals surface area contributed by atoms with Gasteiger partial charge in [-0.15, -0.1) is 0 Å². The summed E-state index contributed by atoms with van der Waals surface area (Å²) in [5.74, 6) is -0.231. The molecule has 0 spiro atoms. The molecule has 7 heteroatoms. The van der Waals surface area contributed by atoms with Crippen molar-refractivity contribution < 1.29 is 23.0 Å². The summed E-state index contributed by atoms with van der Waals surface area (Å²) in [6, 6.07) is 4.17. The van der Waals surface area contributed by atoms with Crippen molar-refractivity contribution in [2.24, 2.45) is 0 Å². The van der Waals surface area contributed by atoms with Gasteiger partial charge < -0.3 is 19.7 Å². The number of hydrogen-bond donors (Lipinski definition) is 1. The molecule has 2 rings (SSSR count). The fourth-order valence-electron chi connectivity index (χ4n) is 2.97. The number of hydrogen-bond acceptors (Lipinski definition) is 4. The number of nitrogens with zero attached hydrogens (tertiary/aromatic N) is 1. The van der Waals surface area contributed by atoms with Gasteiger partial charge >= 0.3 is 6.61 Å². The van der Waals surface area contributed by atoms with Crippen LogP contribution in [0.2, 0.25) is 0 Å². The number of ether oxygens (including phenoxy) is 2. The fraction of sp³-hybridized carbons (Fsp3) is 0.611. The molecule has 1 aliphatic heterocycles. The lowest BCUT2D eigenvalue weighted by atomic mass is 10.2. The molecule has 1 saturated heterocycles. The smallest absolute Gasteiger partial charge is 0.387 e. The predicted octanol–water partition coefficient (Wildman–Crippen LogP) is 3.29. The first-order valence-electron chi connectivity index (χ1n) is 8.73. The van der Waals surface area contributed by atoms with Crippen molar-refractivity contribution in [2.45, 2.75) is 38.7 Å². The minimum absolute atomic E-state index is 0.0878. The zero-order chi connectivity index (χ0) is 18.1. The summed E-state index contributed by atoms with van der Waals surface area (Å²) < 4.78 is 34.0. The Bertz CT molecular complexity index is 547. The molecule has 0 atom stereocenters. The fourth-order valence-corrected chi connectivity index (χ4v) is 2.97. The molecule has 1 heterocycles. The molecule has 0 aliphatic carbocycles. The third kappa shape index (κ3) is 6.49. The molecule has 1 fully saturated rings. The summed E-state index contributed by atoms with van der Waals surface area (Å²) in [5.41, 5.74) is 0.355. The van der Waals surface area contributed by atoms with E-state index >= 15 is 0 Å². The van der Waals surface area contributed by atoms with Crippen LogP contribution in [0.25, 0.3) is 0 Å². The van der Waals surface area contributed by atoms with E-state index in [2.05, 4.69) is 15.0 Å². The van der Waals surface area contributed by atoms with E-state index in [0.29, 0.717) is 12.1 Å². The van der Waals surface area contributed by atoms with Crippen molar-refractivity contribution in [3.05, 3.63) is 23.8 Å². The molecule has 140 valence electrons. The number of nitrogens with one attached hydrogen (secondary N) is 1. The van der Waals surface area contributed by atoms with Gasteiger partial charge in [-0.05, 0) is 57.1 Å². The molecule has 25 heavy (non-hydrogen) atoms. The SMILES string of the molecule is COc1cc(C(=O)NCCCN2CCCCCC2)ccc1OC(F)F. The zero-order valence-corrected chi connectivity index (χ0v) is 14.6. The van der Waals surface area contributed by atoms with Gasteiger partial charge in [0.15, 0.2) is 11.5 Å². The van der Waals surface area contributed by atoms with Crippen LogP contribution in [0.1, 0.15) is 42.5 Å². The second-order valence-corrected chi connectivity index (χ2v) is 6.11. The van der Waals surface area contributed by atoms with Gasteiger partial charge in [0, 0.05) is 12.1 Å². The average molecular weight is 356 g/mol. The molecule has 1 N–H and O–H groups in total. The lowest BCUT2D eigenvalue weighted by Crippen LogP contribution is -2.30. The monoisotopic (exact) mass is 356 g/mol. The summed E-state index contributed by atoms with van der Waals surface area (Å²) >= 11 is 0. The Kier molecular flexibility index (Phi) is 7.91. The van der Waals surface area contributed by atoms with E-state index in [-0.39, 0.29) is 17.4 Å². The molecule has 5 nitrogen and oxygen atoms in total. The second-order valence-electron chi connectivity index (χ2n) is 6.11. The van der Waals surface area contributed by atoms with Gasteiger partial charge in [0.2, 0.25) is 0 Å². The van der Waals surface area contributed by atoms with Crippen LogP contribution in [0.4, 0.5) is 8.78 Å². The van der Waals surface area contributed by atoms with Gasteiger partial charge in [0.25, 0.3) is 5.91 Å². The number of amides is 1. The highest BCUT2D eigenvalue weighted by Crippen LogP contribution is 2.29. The molecule has 0 saturated carbocycles. The molecule has 1 aliphatic rings. The first-order chi connectivity index (χ1) is 12.1. The molecular weight excluding hydrogens is 330 g/mol. The number of carbonyl (C=O) groups excluding carboxylic acids is 1. The number of benzene rings is 1. The Morgan fingerprint density at radius 1 is 1.20 bits per heavy atom. The molecule has 1 amide bonds. The Hall–Kier alpha value is -1.89. The van der Waals surface area contributed by atoms with Crippen LogP contribution >= 0.6 is 0 Å². The summed E-state index contributed by atoms with van der Waals surface area (Å²) in [6.07, 6.45) is 5.99. The molecule has 0 bridgehead atoms. The topological polar surface area (TPSA) is 50.8 Å². The number of methoxy groups -OCH3 is 1. The molecular formula is C18H26F2N2O3. The van der Waals surface area contributed by atoms with Gasteiger partial charge in [-0.25, -0.2) is 0 Å². The number of rotatable bonds is 8. The molecule has 1 aromatic carbocycles. The third-order valence-corrected chi connectivity index (χ3v) is 4.28. The van der Waals surface area contributed by atoms with E-state index in [1.54, 1.807) is 0 Å². The molecule has 0 radical (unpaired) electrons. The maximum absolute atomic E-state index is 12.3. The summed E-state index contributed by atoms with van der Waals surface area (Å²) in [6.45, 7) is 0.887. The van der Waals surface area contributed by atoms with E-state index < -0.39 is 6.61 Å². The normalized spacial score (nSPS) is 15.7. The Morgan fingerprint density at radius 3 is 2.56 bits per heavy atom. The van der Waals surface area contributed by atoms with Gasteiger partial charge in [-0.2, -0.15) is 8.78 Å². The number of carbonyl (C=O) groups is 1. The van der Waals surface area contributed by atoms with Crippen molar-refractivity contribution in [1.82, 2.24) is 10.2 Å². The third-order valence-electron chi connectivity index (χ3n) is 4.28. The van der Waals surface area contributed by atoms with Crippen LogP contribution in [0, 0.1) is 0 Å². The first kappa shape index (κ1) is 19.4. The van der Waals surface area contributed by atoms with Gasteiger partial charge in [-0.3, -0.25) is 4.79 Å². The first-order valence-corrected chi connectivity index (χ1v) is 8.73. The largest absolute Gasteiger partial charge is 0.493 e. The highest BCUT2D eigenvalue weighted by molar-refractivity contribution is 5.94. The number of likely N-dealkylation sites (tertiary alicyclic amines) is 1. The molecule has 0 unspecified atom stereocenters. The Morgan fingerprint density at radius 2 is 1.92 bits per heavy atom. The molecule has 1 aromatic rings. The Labute approximate surface area is 147 Å². The summed E-state index contributed by atoms with van der Waals surface area (Å²) in [4.78, 5) is 14.6. The van der Waals surface area contributed by atoms with E-state index in [1.165, 1.54) is 51.0 Å². The van der Waals surface area contributed by atoms with Crippen molar-refractivity contribution in [3.63, 3.8) is 0 Å². The van der Waals surface area contributed by atoms with Crippen molar-refractivity contribution in [1.29, 1.82) is 0 Å². The predicted molar refractivity (Wildman–Crippen MR) is 91.5 cm³/mol. The van der Waals surface area contributed by atoms with E-state index in [9.17, 15) is 13.6 Å².